The summed E-state index contributed by atoms with van der Waals surface area (Å²) >= 11 is 1.41. The van der Waals surface area contributed by atoms with Crippen LogP contribution in [0.4, 0.5) is 10.8 Å². The highest BCUT2D eigenvalue weighted by Gasteiger charge is 2.27. The van der Waals surface area contributed by atoms with Crippen LogP contribution >= 0.6 is 11.3 Å². The Labute approximate surface area is 198 Å². The standard InChI is InChI=1S/C24H32N4O4S/c1-5-18-16(4)33-23(21(18)24(31)32-6-2)27-20(29)14-28-11-9-17(10-12-28)22(30)26-19-8-7-15(3)13-25-19/h7-8,13,17H,5-6,9-12,14H2,1-4H3,(H,27,29)(H,25,26,30). The SMILES string of the molecule is CCOC(=O)c1c(NC(=O)CN2CCC(C(=O)Nc3ccc(C)cn3)CC2)sc(C)c1CC. The van der Waals surface area contributed by atoms with Crippen LogP contribution in [0.3, 0.4) is 0 Å². The molecule has 9 heteroatoms. The molecule has 3 rings (SSSR count). The Morgan fingerprint density at radius 2 is 1.88 bits per heavy atom. The fraction of sp³-hybridized carbons (Fsp3) is 0.500. The smallest absolute Gasteiger partial charge is 0.341 e. The van der Waals surface area contributed by atoms with Gasteiger partial charge in [-0.15, -0.1) is 11.3 Å². The van der Waals surface area contributed by atoms with Crippen LogP contribution in [0.5, 0.6) is 0 Å². The zero-order chi connectivity index (χ0) is 24.0. The lowest BCUT2D eigenvalue weighted by molar-refractivity contribution is -0.121. The zero-order valence-electron chi connectivity index (χ0n) is 19.7. The number of piperidine rings is 1. The fourth-order valence-electron chi connectivity index (χ4n) is 4.00. The number of rotatable bonds is 8. The largest absolute Gasteiger partial charge is 0.462 e. The number of likely N-dealkylation sites (tertiary alicyclic amines) is 1. The number of esters is 1. The van der Waals surface area contributed by atoms with E-state index in [1.807, 2.05) is 31.7 Å². The second-order valence-electron chi connectivity index (χ2n) is 8.22. The average molecular weight is 473 g/mol. The number of carbonyl (C=O) groups excluding carboxylic acids is 3. The summed E-state index contributed by atoms with van der Waals surface area (Å²) in [7, 11) is 0. The molecule has 1 fully saturated rings. The third-order valence-corrected chi connectivity index (χ3v) is 6.85. The molecule has 1 saturated heterocycles. The number of nitrogens with zero attached hydrogens (tertiary/aromatic N) is 2. The van der Waals surface area contributed by atoms with Crippen LogP contribution in [0, 0.1) is 19.8 Å². The van der Waals surface area contributed by atoms with Crippen molar-refractivity contribution in [3.63, 3.8) is 0 Å². The van der Waals surface area contributed by atoms with Gasteiger partial charge in [0.15, 0.2) is 0 Å². The lowest BCUT2D eigenvalue weighted by atomic mass is 9.96. The fourth-order valence-corrected chi connectivity index (χ4v) is 5.15. The molecule has 0 aromatic carbocycles. The number of carbonyl (C=O) groups is 3. The monoisotopic (exact) mass is 472 g/mol. The van der Waals surface area contributed by atoms with Crippen molar-refractivity contribution in [2.24, 2.45) is 5.92 Å². The predicted molar refractivity (Wildman–Crippen MR) is 130 cm³/mol. The summed E-state index contributed by atoms with van der Waals surface area (Å²) in [4.78, 5) is 45.0. The van der Waals surface area contributed by atoms with Crippen molar-refractivity contribution in [1.82, 2.24) is 9.88 Å². The van der Waals surface area contributed by atoms with Crippen LogP contribution in [0.15, 0.2) is 18.3 Å². The van der Waals surface area contributed by atoms with Crippen LogP contribution in [0.1, 0.15) is 53.1 Å². The Morgan fingerprint density at radius 1 is 1.15 bits per heavy atom. The zero-order valence-corrected chi connectivity index (χ0v) is 20.5. The molecule has 0 radical (unpaired) electrons. The van der Waals surface area contributed by atoms with Gasteiger partial charge in [-0.1, -0.05) is 13.0 Å². The minimum Gasteiger partial charge on any atom is -0.462 e. The Kier molecular flexibility index (Phi) is 8.57. The first kappa shape index (κ1) is 24.9. The van der Waals surface area contributed by atoms with E-state index in [0.29, 0.717) is 48.7 Å². The minimum absolute atomic E-state index is 0.0318. The normalized spacial score (nSPS) is 14.7. The Hall–Kier alpha value is -2.78. The molecule has 1 aliphatic rings. The first-order chi connectivity index (χ1) is 15.8. The number of amides is 2. The number of thiophene rings is 1. The molecule has 8 nitrogen and oxygen atoms in total. The average Bonchev–Trinajstić information content (AvgIpc) is 3.10. The highest BCUT2D eigenvalue weighted by Crippen LogP contribution is 2.34. The summed E-state index contributed by atoms with van der Waals surface area (Å²) in [6.07, 6.45) is 3.77. The molecule has 0 aliphatic carbocycles. The van der Waals surface area contributed by atoms with Gasteiger partial charge in [0, 0.05) is 17.0 Å². The summed E-state index contributed by atoms with van der Waals surface area (Å²) in [5.74, 6) is -0.145. The molecule has 33 heavy (non-hydrogen) atoms. The van der Waals surface area contributed by atoms with E-state index in [4.69, 9.17) is 4.74 Å². The van der Waals surface area contributed by atoms with Gasteiger partial charge in [-0.2, -0.15) is 0 Å². The van der Waals surface area contributed by atoms with Gasteiger partial charge >= 0.3 is 5.97 Å². The van der Waals surface area contributed by atoms with E-state index in [2.05, 4.69) is 15.6 Å². The molecule has 0 bridgehead atoms. The van der Waals surface area contributed by atoms with Gasteiger partial charge in [0.05, 0.1) is 18.7 Å². The number of nitrogens with one attached hydrogen (secondary N) is 2. The van der Waals surface area contributed by atoms with Gasteiger partial charge in [-0.25, -0.2) is 9.78 Å². The molecule has 0 unspecified atom stereocenters. The molecule has 2 aromatic rings. The number of hydrogen-bond donors (Lipinski definition) is 2. The second-order valence-corrected chi connectivity index (χ2v) is 9.45. The summed E-state index contributed by atoms with van der Waals surface area (Å²) < 4.78 is 5.20. The Bertz CT molecular complexity index is 995. The van der Waals surface area contributed by atoms with E-state index in [1.54, 1.807) is 19.2 Å². The highest BCUT2D eigenvalue weighted by molar-refractivity contribution is 7.16. The molecule has 0 saturated carbocycles. The van der Waals surface area contributed by atoms with E-state index in [-0.39, 0.29) is 30.9 Å². The van der Waals surface area contributed by atoms with Crippen LogP contribution in [-0.4, -0.2) is 53.9 Å². The number of hydrogen-bond acceptors (Lipinski definition) is 7. The van der Waals surface area contributed by atoms with Crippen molar-refractivity contribution in [3.8, 4) is 0 Å². The maximum Gasteiger partial charge on any atom is 0.341 e. The third kappa shape index (κ3) is 6.39. The molecule has 1 aliphatic heterocycles. The lowest BCUT2D eigenvalue weighted by Crippen LogP contribution is -2.41. The maximum absolute atomic E-state index is 12.7. The first-order valence-electron chi connectivity index (χ1n) is 11.4. The van der Waals surface area contributed by atoms with Crippen molar-refractivity contribution in [2.75, 3.05) is 36.9 Å². The van der Waals surface area contributed by atoms with Crippen LogP contribution in [0.2, 0.25) is 0 Å². The molecule has 2 N–H and O–H groups in total. The highest BCUT2D eigenvalue weighted by atomic mass is 32.1. The van der Waals surface area contributed by atoms with Crippen molar-refractivity contribution < 1.29 is 19.1 Å². The van der Waals surface area contributed by atoms with E-state index < -0.39 is 5.97 Å². The molecular weight excluding hydrogens is 440 g/mol. The van der Waals surface area contributed by atoms with Crippen molar-refractivity contribution in [1.29, 1.82) is 0 Å². The maximum atomic E-state index is 12.7. The van der Waals surface area contributed by atoms with Crippen LogP contribution < -0.4 is 10.6 Å². The topological polar surface area (TPSA) is 101 Å². The number of ether oxygens (including phenoxy) is 1. The van der Waals surface area contributed by atoms with Crippen molar-refractivity contribution in [3.05, 3.63) is 39.9 Å². The Morgan fingerprint density at radius 3 is 2.48 bits per heavy atom. The van der Waals surface area contributed by atoms with Crippen molar-refractivity contribution >= 4 is 39.9 Å². The number of aromatic nitrogens is 1. The van der Waals surface area contributed by atoms with Gasteiger partial charge in [0.1, 0.15) is 10.8 Å². The van der Waals surface area contributed by atoms with Gasteiger partial charge in [-0.05, 0) is 70.3 Å². The lowest BCUT2D eigenvalue weighted by Gasteiger charge is -2.30. The quantitative estimate of drug-likeness (QED) is 0.567. The van der Waals surface area contributed by atoms with Gasteiger partial charge in [-0.3, -0.25) is 14.5 Å². The molecule has 178 valence electrons. The second kappa shape index (κ2) is 11.4. The Balaban J connectivity index is 1.53. The van der Waals surface area contributed by atoms with E-state index in [1.165, 1.54) is 11.3 Å². The summed E-state index contributed by atoms with van der Waals surface area (Å²) in [5.41, 5.74) is 2.43. The van der Waals surface area contributed by atoms with E-state index >= 15 is 0 Å². The first-order valence-corrected chi connectivity index (χ1v) is 12.2. The van der Waals surface area contributed by atoms with Gasteiger partial charge in [0.2, 0.25) is 11.8 Å². The number of anilines is 2. The summed E-state index contributed by atoms with van der Waals surface area (Å²) in [6.45, 7) is 9.46. The summed E-state index contributed by atoms with van der Waals surface area (Å²) in [5, 5.41) is 6.34. The molecule has 2 amide bonds. The predicted octanol–water partition coefficient (Wildman–Crippen LogP) is 3.79. The molecule has 0 spiro atoms. The van der Waals surface area contributed by atoms with E-state index in [9.17, 15) is 14.4 Å². The van der Waals surface area contributed by atoms with Crippen molar-refractivity contribution in [2.45, 2.75) is 47.0 Å². The number of pyridine rings is 1. The molecule has 0 atom stereocenters. The van der Waals surface area contributed by atoms with Crippen LogP contribution in [0.25, 0.3) is 0 Å². The third-order valence-electron chi connectivity index (χ3n) is 5.78. The van der Waals surface area contributed by atoms with Gasteiger partial charge < -0.3 is 15.4 Å². The number of aryl methyl sites for hydroxylation is 2. The summed E-state index contributed by atoms with van der Waals surface area (Å²) in [6, 6.07) is 3.71. The minimum atomic E-state index is -0.399. The van der Waals surface area contributed by atoms with Gasteiger partial charge in [0.25, 0.3) is 0 Å². The van der Waals surface area contributed by atoms with E-state index in [0.717, 1.165) is 16.0 Å². The molecule has 3 heterocycles. The molecule has 2 aromatic heterocycles. The van der Waals surface area contributed by atoms with Crippen LogP contribution in [-0.2, 0) is 20.7 Å². The molecular formula is C24H32N4O4S.